The van der Waals surface area contributed by atoms with E-state index in [2.05, 4.69) is 25.7 Å². The molecule has 0 unspecified atom stereocenters. The van der Waals surface area contributed by atoms with E-state index < -0.39 is 0 Å². The molecule has 1 fully saturated rings. The highest BCUT2D eigenvalue weighted by Gasteiger charge is 2.34. The van der Waals surface area contributed by atoms with Gasteiger partial charge in [-0.1, -0.05) is 29.5 Å². The van der Waals surface area contributed by atoms with Crippen LogP contribution in [0.25, 0.3) is 11.5 Å². The highest BCUT2D eigenvalue weighted by Crippen LogP contribution is 2.41. The predicted octanol–water partition coefficient (Wildman–Crippen LogP) is 3.27. The van der Waals surface area contributed by atoms with Gasteiger partial charge in [-0.2, -0.15) is 5.10 Å². The zero-order valence-corrected chi connectivity index (χ0v) is 17.5. The van der Waals surface area contributed by atoms with E-state index in [4.69, 9.17) is 0 Å². The van der Waals surface area contributed by atoms with E-state index in [0.717, 1.165) is 47.0 Å². The molecular weight excluding hydrogens is 390 g/mol. The van der Waals surface area contributed by atoms with Crippen LogP contribution in [-0.4, -0.2) is 35.7 Å². The van der Waals surface area contributed by atoms with E-state index in [1.807, 2.05) is 67.1 Å². The van der Waals surface area contributed by atoms with Crippen molar-refractivity contribution >= 4 is 5.91 Å². The van der Waals surface area contributed by atoms with Crippen molar-refractivity contribution < 1.29 is 4.79 Å². The first kappa shape index (κ1) is 19.2. The first-order chi connectivity index (χ1) is 15.1. The van der Waals surface area contributed by atoms with Gasteiger partial charge in [-0.15, -0.1) is 5.10 Å². The largest absolute Gasteiger partial charge is 0.346 e. The minimum Gasteiger partial charge on any atom is -0.346 e. The fraction of sp³-hybridized carbons (Fsp3) is 0.261. The van der Waals surface area contributed by atoms with E-state index in [9.17, 15) is 4.79 Å². The Labute approximate surface area is 179 Å². The minimum absolute atomic E-state index is 0.216. The van der Waals surface area contributed by atoms with Crippen LogP contribution in [0.3, 0.4) is 0 Å². The summed E-state index contributed by atoms with van der Waals surface area (Å²) in [5, 5.41) is 15.9. The number of benzene rings is 1. The molecule has 4 aromatic rings. The number of pyridine rings is 1. The monoisotopic (exact) mass is 413 g/mol. The van der Waals surface area contributed by atoms with Crippen LogP contribution in [-0.2, 0) is 6.54 Å². The van der Waals surface area contributed by atoms with Gasteiger partial charge < -0.3 is 5.32 Å². The molecule has 1 aliphatic rings. The van der Waals surface area contributed by atoms with Crippen molar-refractivity contribution in [2.24, 2.45) is 0 Å². The van der Waals surface area contributed by atoms with Gasteiger partial charge in [0.2, 0.25) is 0 Å². The van der Waals surface area contributed by atoms with E-state index >= 15 is 0 Å². The number of nitrogens with zero attached hydrogens (tertiary/aromatic N) is 6. The quantitative estimate of drug-likeness (QED) is 0.524. The van der Waals surface area contributed by atoms with Crippen molar-refractivity contribution in [3.63, 3.8) is 0 Å². The zero-order chi connectivity index (χ0) is 21.4. The molecular formula is C23H23N7O. The summed E-state index contributed by atoms with van der Waals surface area (Å²) in [5.74, 6) is 0.867. The number of hydrogen-bond donors (Lipinski definition) is 1. The average Bonchev–Trinajstić information content (AvgIpc) is 3.44. The summed E-state index contributed by atoms with van der Waals surface area (Å²) in [4.78, 5) is 17.4. The van der Waals surface area contributed by atoms with Gasteiger partial charge in [0.25, 0.3) is 5.91 Å². The third-order valence-corrected chi connectivity index (χ3v) is 5.37. The van der Waals surface area contributed by atoms with Crippen molar-refractivity contribution in [2.75, 3.05) is 0 Å². The maximum Gasteiger partial charge on any atom is 0.274 e. The molecule has 156 valence electrons. The summed E-state index contributed by atoms with van der Waals surface area (Å²) in [6, 6.07) is 15.7. The van der Waals surface area contributed by atoms with Gasteiger partial charge in [-0.3, -0.25) is 4.79 Å². The summed E-state index contributed by atoms with van der Waals surface area (Å²) in [5.41, 5.74) is 5.09. The van der Waals surface area contributed by atoms with Crippen LogP contribution in [0.5, 0.6) is 0 Å². The molecule has 0 spiro atoms. The SMILES string of the molecule is Cc1cc(C)n(-c2ccc(CNC(=O)c3nnn(-c4ccccc4)c3C3CC3)cn2)n1. The van der Waals surface area contributed by atoms with Crippen molar-refractivity contribution in [3.8, 4) is 11.5 Å². The Morgan fingerprint density at radius 1 is 1.10 bits per heavy atom. The summed E-state index contributed by atoms with van der Waals surface area (Å²) in [6.07, 6.45) is 3.87. The molecule has 1 aromatic carbocycles. The number of aryl methyl sites for hydroxylation is 2. The number of carbonyl (C=O) groups is 1. The Balaban J connectivity index is 1.31. The highest BCUT2D eigenvalue weighted by molar-refractivity contribution is 5.93. The molecule has 5 rings (SSSR count). The second kappa shape index (κ2) is 7.79. The third kappa shape index (κ3) is 3.84. The van der Waals surface area contributed by atoms with Gasteiger partial charge in [-0.25, -0.2) is 14.3 Å². The van der Waals surface area contributed by atoms with Crippen molar-refractivity contribution in [1.82, 2.24) is 35.1 Å². The number of rotatable bonds is 6. The number of amides is 1. The first-order valence-electron chi connectivity index (χ1n) is 10.4. The second-order valence-electron chi connectivity index (χ2n) is 7.89. The lowest BCUT2D eigenvalue weighted by atomic mass is 10.2. The van der Waals surface area contributed by atoms with Gasteiger partial charge in [-0.05, 0) is 56.5 Å². The lowest BCUT2D eigenvalue weighted by Gasteiger charge is -2.08. The Morgan fingerprint density at radius 2 is 1.90 bits per heavy atom. The fourth-order valence-corrected chi connectivity index (χ4v) is 3.71. The lowest BCUT2D eigenvalue weighted by molar-refractivity contribution is 0.0944. The summed E-state index contributed by atoms with van der Waals surface area (Å²) >= 11 is 0. The topological polar surface area (TPSA) is 90.5 Å². The molecule has 3 heterocycles. The standard InChI is InChI=1S/C23H23N7O/c1-15-12-16(2)29(27-15)20-11-8-17(13-24-20)14-25-23(31)21-22(18-9-10-18)30(28-26-21)19-6-4-3-5-7-19/h3-8,11-13,18H,9-10,14H2,1-2H3,(H,25,31). The minimum atomic E-state index is -0.216. The van der Waals surface area contributed by atoms with Gasteiger partial charge in [0, 0.05) is 24.4 Å². The van der Waals surface area contributed by atoms with Crippen molar-refractivity contribution in [3.05, 3.63) is 83.1 Å². The Hall–Kier alpha value is -3.81. The molecule has 0 atom stereocenters. The first-order valence-corrected chi connectivity index (χ1v) is 10.4. The van der Waals surface area contributed by atoms with E-state index in [-0.39, 0.29) is 5.91 Å². The Bertz CT molecular complexity index is 1220. The molecule has 8 nitrogen and oxygen atoms in total. The fourth-order valence-electron chi connectivity index (χ4n) is 3.71. The lowest BCUT2D eigenvalue weighted by Crippen LogP contribution is -2.24. The number of hydrogen-bond acceptors (Lipinski definition) is 5. The van der Waals surface area contributed by atoms with Crippen LogP contribution in [0.15, 0.2) is 54.7 Å². The van der Waals surface area contributed by atoms with Crippen LogP contribution in [0.2, 0.25) is 0 Å². The molecule has 1 amide bonds. The molecule has 0 aliphatic heterocycles. The average molecular weight is 413 g/mol. The van der Waals surface area contributed by atoms with Gasteiger partial charge in [0.15, 0.2) is 11.5 Å². The summed E-state index contributed by atoms with van der Waals surface area (Å²) in [6.45, 7) is 4.32. The maximum atomic E-state index is 12.9. The third-order valence-electron chi connectivity index (χ3n) is 5.37. The number of para-hydroxylation sites is 1. The zero-order valence-electron chi connectivity index (χ0n) is 17.5. The van der Waals surface area contributed by atoms with Gasteiger partial charge >= 0.3 is 0 Å². The molecule has 0 radical (unpaired) electrons. The molecule has 1 saturated carbocycles. The van der Waals surface area contributed by atoms with E-state index in [1.165, 1.54) is 0 Å². The number of aromatic nitrogens is 6. The molecule has 3 aromatic heterocycles. The molecule has 0 saturated heterocycles. The normalized spacial score (nSPS) is 13.4. The number of carbonyl (C=O) groups excluding carboxylic acids is 1. The summed E-state index contributed by atoms with van der Waals surface area (Å²) in [7, 11) is 0. The predicted molar refractivity (Wildman–Crippen MR) is 115 cm³/mol. The highest BCUT2D eigenvalue weighted by atomic mass is 16.2. The van der Waals surface area contributed by atoms with Gasteiger partial charge in [0.05, 0.1) is 17.1 Å². The molecule has 8 heteroatoms. The Kier molecular flexibility index (Phi) is 4.82. The van der Waals surface area contributed by atoms with Crippen LogP contribution in [0, 0.1) is 13.8 Å². The smallest absolute Gasteiger partial charge is 0.274 e. The molecule has 1 aliphatic carbocycles. The maximum absolute atomic E-state index is 12.9. The summed E-state index contributed by atoms with van der Waals surface area (Å²) < 4.78 is 3.60. The second-order valence-corrected chi connectivity index (χ2v) is 7.89. The molecule has 1 N–H and O–H groups in total. The number of nitrogens with one attached hydrogen (secondary N) is 1. The molecule has 0 bridgehead atoms. The van der Waals surface area contributed by atoms with Crippen LogP contribution < -0.4 is 5.32 Å². The van der Waals surface area contributed by atoms with Crippen molar-refractivity contribution in [1.29, 1.82) is 0 Å². The Morgan fingerprint density at radius 3 is 2.55 bits per heavy atom. The van der Waals surface area contributed by atoms with Gasteiger partial charge in [0.1, 0.15) is 0 Å². The van der Waals surface area contributed by atoms with E-state index in [0.29, 0.717) is 18.2 Å². The molecule has 31 heavy (non-hydrogen) atoms. The van der Waals surface area contributed by atoms with Crippen LogP contribution in [0.4, 0.5) is 0 Å². The van der Waals surface area contributed by atoms with Crippen LogP contribution in [0.1, 0.15) is 51.9 Å². The van der Waals surface area contributed by atoms with Crippen molar-refractivity contribution in [2.45, 2.75) is 39.2 Å². The van der Waals surface area contributed by atoms with E-state index in [1.54, 1.807) is 10.9 Å². The van der Waals surface area contributed by atoms with Crippen LogP contribution >= 0.6 is 0 Å².